The van der Waals surface area contributed by atoms with Crippen molar-refractivity contribution in [2.75, 3.05) is 0 Å². The maximum absolute atomic E-state index is 10.5. The smallest absolute Gasteiger partial charge is 0.237 e. The summed E-state index contributed by atoms with van der Waals surface area (Å²) in [6.45, 7) is 0. The van der Waals surface area contributed by atoms with Crippen molar-refractivity contribution in [3.63, 3.8) is 0 Å². The van der Waals surface area contributed by atoms with Crippen LogP contribution in [0.25, 0.3) is 0 Å². The van der Waals surface area contributed by atoms with E-state index in [1.807, 2.05) is 0 Å². The normalized spacial score (nSPS) is 15.5. The average Bonchev–Trinajstić information content (AvgIpc) is 2.53. The van der Waals surface area contributed by atoms with Gasteiger partial charge in [-0.3, -0.25) is 4.79 Å². The lowest BCUT2D eigenvalue weighted by molar-refractivity contribution is -0.121. The van der Waals surface area contributed by atoms with Gasteiger partial charge in [-0.05, 0) is 6.07 Å². The molecule has 0 aromatic carbocycles. The molecule has 1 aromatic rings. The summed E-state index contributed by atoms with van der Waals surface area (Å²) in [6, 6.07) is 0.426. The zero-order valence-electron chi connectivity index (χ0n) is 6.31. The Morgan fingerprint density at radius 1 is 1.67 bits per heavy atom. The van der Waals surface area contributed by atoms with Crippen LogP contribution in [-0.4, -0.2) is 17.1 Å². The molecule has 0 saturated carbocycles. The second-order valence-corrected chi connectivity index (χ2v) is 2.43. The first-order valence-corrected chi connectivity index (χ1v) is 3.38. The maximum Gasteiger partial charge on any atom is 0.237 e. The molecule has 0 aliphatic rings. The molecule has 0 saturated heterocycles. The average molecular weight is 170 g/mol. The minimum absolute atomic E-state index is 0.446. The minimum Gasteiger partial charge on any atom is -0.472 e. The van der Waals surface area contributed by atoms with Crippen molar-refractivity contribution in [1.82, 2.24) is 0 Å². The lowest BCUT2D eigenvalue weighted by Crippen LogP contribution is -2.41. The summed E-state index contributed by atoms with van der Waals surface area (Å²) < 4.78 is 4.70. The molecule has 66 valence electrons. The van der Waals surface area contributed by atoms with E-state index in [1.54, 1.807) is 0 Å². The van der Waals surface area contributed by atoms with E-state index in [4.69, 9.17) is 15.9 Å². The van der Waals surface area contributed by atoms with Gasteiger partial charge in [-0.25, -0.2) is 0 Å². The van der Waals surface area contributed by atoms with Crippen molar-refractivity contribution >= 4 is 5.91 Å². The number of rotatable bonds is 3. The van der Waals surface area contributed by atoms with E-state index < -0.39 is 18.1 Å². The number of carbonyl (C=O) groups excluding carboxylic acids is 1. The topological polar surface area (TPSA) is 102 Å². The summed E-state index contributed by atoms with van der Waals surface area (Å²) in [6.07, 6.45) is 1.60. The third-order valence-electron chi connectivity index (χ3n) is 1.55. The van der Waals surface area contributed by atoms with E-state index in [2.05, 4.69) is 0 Å². The molecule has 0 radical (unpaired) electrons. The monoisotopic (exact) mass is 170 g/mol. The number of aliphatic hydroxyl groups excluding tert-OH is 1. The SMILES string of the molecule is NC(=O)C(N)C(O)c1ccoc1. The first-order valence-electron chi connectivity index (χ1n) is 3.38. The third-order valence-corrected chi connectivity index (χ3v) is 1.55. The van der Waals surface area contributed by atoms with Crippen molar-refractivity contribution in [2.24, 2.45) is 11.5 Å². The van der Waals surface area contributed by atoms with E-state index in [0.717, 1.165) is 0 Å². The Balaban J connectivity index is 2.71. The Bertz CT molecular complexity index is 258. The summed E-state index contributed by atoms with van der Waals surface area (Å²) in [5.41, 5.74) is 10.6. The number of hydrogen-bond donors (Lipinski definition) is 3. The van der Waals surface area contributed by atoms with Crippen molar-refractivity contribution in [1.29, 1.82) is 0 Å². The van der Waals surface area contributed by atoms with E-state index in [0.29, 0.717) is 5.56 Å². The number of aliphatic hydroxyl groups is 1. The van der Waals surface area contributed by atoms with Crippen molar-refractivity contribution in [2.45, 2.75) is 12.1 Å². The highest BCUT2D eigenvalue weighted by atomic mass is 16.3. The Hall–Kier alpha value is -1.33. The van der Waals surface area contributed by atoms with Crippen molar-refractivity contribution in [3.8, 4) is 0 Å². The standard InChI is InChI=1S/C7H10N2O3/c8-5(7(9)11)6(10)4-1-2-12-3-4/h1-3,5-6,10H,8H2,(H2,9,11). The van der Waals surface area contributed by atoms with Gasteiger partial charge < -0.3 is 21.0 Å². The van der Waals surface area contributed by atoms with Gasteiger partial charge in [0.1, 0.15) is 12.1 Å². The lowest BCUT2D eigenvalue weighted by Gasteiger charge is -2.13. The summed E-state index contributed by atoms with van der Waals surface area (Å²) >= 11 is 0. The number of carbonyl (C=O) groups is 1. The quantitative estimate of drug-likeness (QED) is 0.548. The van der Waals surface area contributed by atoms with E-state index >= 15 is 0 Å². The van der Waals surface area contributed by atoms with E-state index in [1.165, 1.54) is 18.6 Å². The number of nitrogens with two attached hydrogens (primary N) is 2. The maximum atomic E-state index is 10.5. The summed E-state index contributed by atoms with van der Waals surface area (Å²) in [4.78, 5) is 10.5. The van der Waals surface area contributed by atoms with Crippen LogP contribution in [0.15, 0.2) is 23.0 Å². The first-order chi connectivity index (χ1) is 5.63. The first kappa shape index (κ1) is 8.76. The molecule has 0 aliphatic carbocycles. The number of furan rings is 1. The molecule has 1 rings (SSSR count). The van der Waals surface area contributed by atoms with Crippen molar-refractivity contribution in [3.05, 3.63) is 24.2 Å². The van der Waals surface area contributed by atoms with E-state index in [9.17, 15) is 9.90 Å². The van der Waals surface area contributed by atoms with Gasteiger partial charge in [0.15, 0.2) is 0 Å². The fourth-order valence-corrected chi connectivity index (χ4v) is 0.806. The molecular formula is C7H10N2O3. The zero-order valence-corrected chi connectivity index (χ0v) is 6.31. The molecular weight excluding hydrogens is 160 g/mol. The Labute approximate surface area is 69.0 Å². The molecule has 5 N–H and O–H groups in total. The summed E-state index contributed by atoms with van der Waals surface area (Å²) in [5.74, 6) is -0.747. The highest BCUT2D eigenvalue weighted by Gasteiger charge is 2.22. The number of hydrogen-bond acceptors (Lipinski definition) is 4. The summed E-state index contributed by atoms with van der Waals surface area (Å²) in [7, 11) is 0. The fourth-order valence-electron chi connectivity index (χ4n) is 0.806. The summed E-state index contributed by atoms with van der Waals surface area (Å²) in [5, 5.41) is 9.36. The molecule has 0 spiro atoms. The number of amides is 1. The Kier molecular flexibility index (Phi) is 2.47. The van der Waals surface area contributed by atoms with Gasteiger partial charge in [0.05, 0.1) is 12.5 Å². The van der Waals surface area contributed by atoms with Crippen LogP contribution in [0.2, 0.25) is 0 Å². The predicted octanol–water partition coefficient (Wildman–Crippen LogP) is -0.874. The molecule has 2 unspecified atom stereocenters. The minimum atomic E-state index is -1.10. The molecule has 0 aliphatic heterocycles. The second-order valence-electron chi connectivity index (χ2n) is 2.43. The predicted molar refractivity (Wildman–Crippen MR) is 40.8 cm³/mol. The van der Waals surface area contributed by atoms with Crippen LogP contribution in [0.5, 0.6) is 0 Å². The van der Waals surface area contributed by atoms with Gasteiger partial charge in [-0.2, -0.15) is 0 Å². The third kappa shape index (κ3) is 1.63. The number of primary amides is 1. The lowest BCUT2D eigenvalue weighted by atomic mass is 10.1. The van der Waals surface area contributed by atoms with E-state index in [-0.39, 0.29) is 0 Å². The van der Waals surface area contributed by atoms with Gasteiger partial charge in [0.25, 0.3) is 0 Å². The molecule has 1 heterocycles. The molecule has 1 aromatic heterocycles. The highest BCUT2D eigenvalue weighted by molar-refractivity contribution is 5.80. The molecule has 0 bridgehead atoms. The molecule has 0 fully saturated rings. The van der Waals surface area contributed by atoms with Gasteiger partial charge in [-0.15, -0.1) is 0 Å². The van der Waals surface area contributed by atoms with Gasteiger partial charge >= 0.3 is 0 Å². The largest absolute Gasteiger partial charge is 0.472 e. The molecule has 5 heteroatoms. The molecule has 2 atom stereocenters. The fraction of sp³-hybridized carbons (Fsp3) is 0.286. The van der Waals surface area contributed by atoms with Crippen LogP contribution in [-0.2, 0) is 4.79 Å². The van der Waals surface area contributed by atoms with Crippen LogP contribution in [0.4, 0.5) is 0 Å². The van der Waals surface area contributed by atoms with Crippen molar-refractivity contribution < 1.29 is 14.3 Å². The van der Waals surface area contributed by atoms with Gasteiger partial charge in [0.2, 0.25) is 5.91 Å². The molecule has 12 heavy (non-hydrogen) atoms. The van der Waals surface area contributed by atoms with Crippen LogP contribution >= 0.6 is 0 Å². The van der Waals surface area contributed by atoms with Crippen LogP contribution < -0.4 is 11.5 Å². The van der Waals surface area contributed by atoms with Crippen LogP contribution in [0, 0.1) is 0 Å². The van der Waals surface area contributed by atoms with Gasteiger partial charge in [-0.1, -0.05) is 0 Å². The Morgan fingerprint density at radius 3 is 2.75 bits per heavy atom. The Morgan fingerprint density at radius 2 is 2.33 bits per heavy atom. The zero-order chi connectivity index (χ0) is 9.14. The van der Waals surface area contributed by atoms with Crippen LogP contribution in [0.1, 0.15) is 11.7 Å². The van der Waals surface area contributed by atoms with Gasteiger partial charge in [0, 0.05) is 5.56 Å². The molecule has 5 nitrogen and oxygen atoms in total. The van der Waals surface area contributed by atoms with Crippen LogP contribution in [0.3, 0.4) is 0 Å². The highest BCUT2D eigenvalue weighted by Crippen LogP contribution is 2.15. The molecule has 1 amide bonds. The second kappa shape index (κ2) is 3.38.